The van der Waals surface area contributed by atoms with Crippen LogP contribution >= 0.6 is 0 Å². The molecule has 1 amide bonds. The van der Waals surface area contributed by atoms with Gasteiger partial charge in [0.1, 0.15) is 0 Å². The van der Waals surface area contributed by atoms with Gasteiger partial charge in [-0.25, -0.2) is 0 Å². The standard InChI is InChI=1S/C17H31NO2/c1-16(2,20)8-9-17(15-6-4-3-5-7-15)10-12-18(14-19)13-11-17/h14-15,20H,3-13H2,1-2H3. The highest BCUT2D eigenvalue weighted by atomic mass is 16.3. The summed E-state index contributed by atoms with van der Waals surface area (Å²) in [6, 6.07) is 0. The van der Waals surface area contributed by atoms with Gasteiger partial charge in [0.15, 0.2) is 0 Å². The average Bonchev–Trinajstić information content (AvgIpc) is 2.46. The molecule has 0 radical (unpaired) electrons. The summed E-state index contributed by atoms with van der Waals surface area (Å²) >= 11 is 0. The number of carbonyl (C=O) groups excluding carboxylic acids is 1. The third-order valence-corrected chi connectivity index (χ3v) is 5.65. The van der Waals surface area contributed by atoms with Crippen molar-refractivity contribution >= 4 is 6.41 Å². The lowest BCUT2D eigenvalue weighted by atomic mass is 9.61. The number of hydrogen-bond donors (Lipinski definition) is 1. The van der Waals surface area contributed by atoms with Crippen molar-refractivity contribution in [2.45, 2.75) is 77.2 Å². The van der Waals surface area contributed by atoms with Gasteiger partial charge in [0, 0.05) is 13.1 Å². The van der Waals surface area contributed by atoms with Crippen molar-refractivity contribution in [3.05, 3.63) is 0 Å². The summed E-state index contributed by atoms with van der Waals surface area (Å²) < 4.78 is 0. The van der Waals surface area contributed by atoms with Gasteiger partial charge in [-0.15, -0.1) is 0 Å². The molecular weight excluding hydrogens is 250 g/mol. The van der Waals surface area contributed by atoms with Gasteiger partial charge in [-0.1, -0.05) is 19.3 Å². The molecule has 0 aromatic heterocycles. The van der Waals surface area contributed by atoms with Crippen LogP contribution in [0.25, 0.3) is 0 Å². The van der Waals surface area contributed by atoms with E-state index >= 15 is 0 Å². The van der Waals surface area contributed by atoms with E-state index in [2.05, 4.69) is 0 Å². The average molecular weight is 281 g/mol. The first-order chi connectivity index (χ1) is 9.45. The molecule has 116 valence electrons. The Hall–Kier alpha value is -0.570. The molecule has 1 heterocycles. The van der Waals surface area contributed by atoms with Crippen LogP contribution in [0.3, 0.4) is 0 Å². The molecule has 20 heavy (non-hydrogen) atoms. The second-order valence-corrected chi connectivity index (χ2v) is 7.65. The maximum Gasteiger partial charge on any atom is 0.209 e. The lowest BCUT2D eigenvalue weighted by Gasteiger charge is -2.48. The van der Waals surface area contributed by atoms with Crippen LogP contribution in [0.1, 0.15) is 71.6 Å². The van der Waals surface area contributed by atoms with Crippen LogP contribution < -0.4 is 0 Å². The molecule has 2 rings (SSSR count). The molecule has 0 unspecified atom stereocenters. The van der Waals surface area contributed by atoms with Gasteiger partial charge in [-0.3, -0.25) is 4.79 Å². The number of piperidine rings is 1. The van der Waals surface area contributed by atoms with E-state index < -0.39 is 5.60 Å². The Morgan fingerprint density at radius 1 is 1.20 bits per heavy atom. The number of aliphatic hydroxyl groups is 1. The fourth-order valence-corrected chi connectivity index (χ4v) is 4.21. The quantitative estimate of drug-likeness (QED) is 0.785. The molecule has 0 bridgehead atoms. The normalized spacial score (nSPS) is 24.6. The Kier molecular flexibility index (Phi) is 5.11. The fourth-order valence-electron chi connectivity index (χ4n) is 4.21. The van der Waals surface area contributed by atoms with Crippen LogP contribution in [0.15, 0.2) is 0 Å². The number of nitrogens with zero attached hydrogens (tertiary/aromatic N) is 1. The predicted octanol–water partition coefficient (Wildman–Crippen LogP) is 3.36. The van der Waals surface area contributed by atoms with Crippen LogP contribution in [-0.4, -0.2) is 35.1 Å². The molecule has 3 heteroatoms. The zero-order chi connectivity index (χ0) is 14.6. The van der Waals surface area contributed by atoms with E-state index in [1.807, 2.05) is 18.7 Å². The Labute approximate surface area is 123 Å². The molecule has 1 saturated heterocycles. The SMILES string of the molecule is CC(C)(O)CCC1(C2CCCCC2)CCN(C=O)CC1. The van der Waals surface area contributed by atoms with Gasteiger partial charge < -0.3 is 10.0 Å². The molecule has 0 atom stereocenters. The summed E-state index contributed by atoms with van der Waals surface area (Å²) in [7, 11) is 0. The smallest absolute Gasteiger partial charge is 0.209 e. The van der Waals surface area contributed by atoms with Gasteiger partial charge in [0.05, 0.1) is 5.60 Å². The summed E-state index contributed by atoms with van der Waals surface area (Å²) in [5, 5.41) is 10.1. The molecule has 0 spiro atoms. The van der Waals surface area contributed by atoms with Crippen molar-refractivity contribution in [2.24, 2.45) is 11.3 Å². The topological polar surface area (TPSA) is 40.5 Å². The Morgan fingerprint density at radius 3 is 2.30 bits per heavy atom. The fraction of sp³-hybridized carbons (Fsp3) is 0.941. The van der Waals surface area contributed by atoms with Crippen LogP contribution in [0.2, 0.25) is 0 Å². The van der Waals surface area contributed by atoms with E-state index in [4.69, 9.17) is 0 Å². The minimum Gasteiger partial charge on any atom is -0.390 e. The number of likely N-dealkylation sites (tertiary alicyclic amines) is 1. The second-order valence-electron chi connectivity index (χ2n) is 7.65. The summed E-state index contributed by atoms with van der Waals surface area (Å²) in [6.07, 6.45) is 12.1. The largest absolute Gasteiger partial charge is 0.390 e. The van der Waals surface area contributed by atoms with Gasteiger partial charge in [-0.2, -0.15) is 0 Å². The van der Waals surface area contributed by atoms with Crippen molar-refractivity contribution in [3.63, 3.8) is 0 Å². The van der Waals surface area contributed by atoms with E-state index in [1.165, 1.54) is 32.1 Å². The second kappa shape index (κ2) is 6.46. The van der Waals surface area contributed by atoms with E-state index in [9.17, 15) is 9.90 Å². The number of carbonyl (C=O) groups is 1. The van der Waals surface area contributed by atoms with E-state index in [-0.39, 0.29) is 0 Å². The minimum absolute atomic E-state index is 0.375. The molecular formula is C17H31NO2. The first-order valence-corrected chi connectivity index (χ1v) is 8.37. The summed E-state index contributed by atoms with van der Waals surface area (Å²) in [5.41, 5.74) is -0.191. The molecule has 1 N–H and O–H groups in total. The molecule has 2 fully saturated rings. The Morgan fingerprint density at radius 2 is 1.80 bits per heavy atom. The maximum atomic E-state index is 11.0. The van der Waals surface area contributed by atoms with E-state index in [0.29, 0.717) is 5.41 Å². The Balaban J connectivity index is 2.04. The van der Waals surface area contributed by atoms with Gasteiger partial charge in [0.25, 0.3) is 0 Å². The first kappa shape index (κ1) is 15.8. The number of amides is 1. The van der Waals surface area contributed by atoms with Gasteiger partial charge in [-0.05, 0) is 63.7 Å². The molecule has 0 aromatic rings. The number of hydrogen-bond acceptors (Lipinski definition) is 2. The lowest BCUT2D eigenvalue weighted by molar-refractivity contribution is -0.121. The molecule has 2 aliphatic rings. The summed E-state index contributed by atoms with van der Waals surface area (Å²) in [5.74, 6) is 0.812. The van der Waals surface area contributed by atoms with Crippen molar-refractivity contribution in [3.8, 4) is 0 Å². The molecule has 1 aliphatic heterocycles. The van der Waals surface area contributed by atoms with Crippen molar-refractivity contribution in [1.82, 2.24) is 4.90 Å². The zero-order valence-electron chi connectivity index (χ0n) is 13.2. The van der Waals surface area contributed by atoms with E-state index in [0.717, 1.165) is 51.1 Å². The van der Waals surface area contributed by atoms with Crippen LogP contribution in [0.4, 0.5) is 0 Å². The lowest BCUT2D eigenvalue weighted by Crippen LogP contribution is -2.44. The molecule has 0 aromatic carbocycles. The van der Waals surface area contributed by atoms with Gasteiger partial charge in [0.2, 0.25) is 6.41 Å². The van der Waals surface area contributed by atoms with Crippen molar-refractivity contribution in [1.29, 1.82) is 0 Å². The monoisotopic (exact) mass is 281 g/mol. The highest BCUT2D eigenvalue weighted by Crippen LogP contribution is 2.49. The highest BCUT2D eigenvalue weighted by molar-refractivity contribution is 5.47. The molecule has 1 saturated carbocycles. The summed E-state index contributed by atoms with van der Waals surface area (Å²) in [4.78, 5) is 12.9. The summed E-state index contributed by atoms with van der Waals surface area (Å²) in [6.45, 7) is 5.65. The van der Waals surface area contributed by atoms with Crippen molar-refractivity contribution < 1.29 is 9.90 Å². The predicted molar refractivity (Wildman–Crippen MR) is 81.4 cm³/mol. The third kappa shape index (κ3) is 3.97. The van der Waals surface area contributed by atoms with Crippen molar-refractivity contribution in [2.75, 3.05) is 13.1 Å². The van der Waals surface area contributed by atoms with Crippen LogP contribution in [0, 0.1) is 11.3 Å². The van der Waals surface area contributed by atoms with Crippen LogP contribution in [0.5, 0.6) is 0 Å². The van der Waals surface area contributed by atoms with E-state index in [1.54, 1.807) is 0 Å². The van der Waals surface area contributed by atoms with Crippen LogP contribution in [-0.2, 0) is 4.79 Å². The van der Waals surface area contributed by atoms with Gasteiger partial charge >= 0.3 is 0 Å². The minimum atomic E-state index is -0.566. The first-order valence-electron chi connectivity index (χ1n) is 8.37. The maximum absolute atomic E-state index is 11.0. The highest BCUT2D eigenvalue weighted by Gasteiger charge is 2.41. The third-order valence-electron chi connectivity index (χ3n) is 5.65. The molecule has 1 aliphatic carbocycles. The molecule has 3 nitrogen and oxygen atoms in total. The number of rotatable bonds is 5. The Bertz CT molecular complexity index is 307. The zero-order valence-corrected chi connectivity index (χ0v) is 13.2.